The summed E-state index contributed by atoms with van der Waals surface area (Å²) in [5.74, 6) is 0.762. The minimum absolute atomic E-state index is 0.112. The molecule has 0 aliphatic carbocycles. The van der Waals surface area contributed by atoms with Crippen LogP contribution in [0.1, 0.15) is 34.0 Å². The maximum atomic E-state index is 12.9. The van der Waals surface area contributed by atoms with Gasteiger partial charge in [-0.2, -0.15) is 5.10 Å². The van der Waals surface area contributed by atoms with Crippen molar-refractivity contribution < 1.29 is 19.1 Å². The van der Waals surface area contributed by atoms with E-state index in [1.54, 1.807) is 18.2 Å². The van der Waals surface area contributed by atoms with Gasteiger partial charge in [0, 0.05) is 23.2 Å². The Morgan fingerprint density at radius 3 is 2.87 bits per heavy atom. The number of hydrogen-bond donors (Lipinski definition) is 2. The molecule has 0 fully saturated rings. The number of aromatic amines is 1. The van der Waals surface area contributed by atoms with E-state index in [2.05, 4.69) is 15.5 Å². The lowest BCUT2D eigenvalue weighted by atomic mass is 9.85. The van der Waals surface area contributed by atoms with Gasteiger partial charge in [0.05, 0.1) is 5.92 Å². The molecule has 3 heterocycles. The van der Waals surface area contributed by atoms with E-state index in [9.17, 15) is 9.59 Å². The van der Waals surface area contributed by atoms with Gasteiger partial charge >= 0.3 is 0 Å². The Morgan fingerprint density at radius 1 is 1.26 bits per heavy atom. The molecular weight excluding hydrogens is 298 g/mol. The van der Waals surface area contributed by atoms with Gasteiger partial charge in [0.1, 0.15) is 13.2 Å². The molecule has 1 unspecified atom stereocenters. The fourth-order valence-corrected chi connectivity index (χ4v) is 3.05. The largest absolute Gasteiger partial charge is 0.486 e. The number of anilines is 1. The van der Waals surface area contributed by atoms with E-state index >= 15 is 0 Å². The quantitative estimate of drug-likeness (QED) is 0.825. The molecule has 7 heteroatoms. The van der Waals surface area contributed by atoms with E-state index in [0.29, 0.717) is 36.1 Å². The van der Waals surface area contributed by atoms with Gasteiger partial charge in [-0.15, -0.1) is 0 Å². The van der Waals surface area contributed by atoms with Crippen molar-refractivity contribution in [1.82, 2.24) is 10.2 Å². The van der Waals surface area contributed by atoms with Crippen molar-refractivity contribution in [2.45, 2.75) is 19.3 Å². The molecule has 2 N–H and O–H groups in total. The first-order valence-corrected chi connectivity index (χ1v) is 7.42. The molecule has 2 aliphatic heterocycles. The van der Waals surface area contributed by atoms with Crippen molar-refractivity contribution in [2.75, 3.05) is 18.5 Å². The van der Waals surface area contributed by atoms with Crippen LogP contribution in [0.5, 0.6) is 11.5 Å². The summed E-state index contributed by atoms with van der Waals surface area (Å²) in [6.07, 6.45) is 0.112. The Morgan fingerprint density at radius 2 is 2.04 bits per heavy atom. The lowest BCUT2D eigenvalue weighted by molar-refractivity contribution is -0.116. The summed E-state index contributed by atoms with van der Waals surface area (Å²) in [6, 6.07) is 5.11. The van der Waals surface area contributed by atoms with Crippen LogP contribution < -0.4 is 14.8 Å². The third-order valence-corrected chi connectivity index (χ3v) is 4.13. The standard InChI is InChI=1S/C16H15N3O4/c1-8-14-10(7-13(20)17-16(14)19-18-8)15(21)9-2-3-11-12(6-9)23-5-4-22-11/h2-3,6,10H,4-5,7H2,1H3,(H2,17,18,19,20). The third kappa shape index (κ3) is 2.25. The van der Waals surface area contributed by atoms with E-state index < -0.39 is 5.92 Å². The smallest absolute Gasteiger partial charge is 0.226 e. The summed E-state index contributed by atoms with van der Waals surface area (Å²) in [7, 11) is 0. The minimum atomic E-state index is -0.542. The van der Waals surface area contributed by atoms with Gasteiger partial charge in [-0.1, -0.05) is 0 Å². The molecule has 1 atom stereocenters. The number of hydrogen-bond acceptors (Lipinski definition) is 5. The zero-order chi connectivity index (χ0) is 16.0. The summed E-state index contributed by atoms with van der Waals surface area (Å²) >= 11 is 0. The number of ether oxygens (including phenoxy) is 2. The summed E-state index contributed by atoms with van der Waals surface area (Å²) in [5.41, 5.74) is 2.04. The van der Waals surface area contributed by atoms with Crippen LogP contribution in [0, 0.1) is 6.92 Å². The Kier molecular flexibility index (Phi) is 3.07. The predicted octanol–water partition coefficient (Wildman–Crippen LogP) is 1.80. The number of carbonyl (C=O) groups is 2. The fourth-order valence-electron chi connectivity index (χ4n) is 3.05. The number of amides is 1. The van der Waals surface area contributed by atoms with Crippen molar-refractivity contribution in [3.63, 3.8) is 0 Å². The maximum absolute atomic E-state index is 12.9. The number of rotatable bonds is 2. The summed E-state index contributed by atoms with van der Waals surface area (Å²) in [6.45, 7) is 2.80. The highest BCUT2D eigenvalue weighted by Crippen LogP contribution is 2.37. The molecule has 0 saturated heterocycles. The Bertz CT molecular complexity index is 812. The Balaban J connectivity index is 1.72. The minimum Gasteiger partial charge on any atom is -0.486 e. The average molecular weight is 313 g/mol. The molecule has 0 saturated carbocycles. The molecule has 7 nitrogen and oxygen atoms in total. The van der Waals surface area contributed by atoms with Gasteiger partial charge in [-0.05, 0) is 25.1 Å². The lowest BCUT2D eigenvalue weighted by Gasteiger charge is -2.23. The van der Waals surface area contributed by atoms with Gasteiger partial charge in [-0.25, -0.2) is 0 Å². The summed E-state index contributed by atoms with van der Waals surface area (Å²) < 4.78 is 11.0. The first-order chi connectivity index (χ1) is 11.1. The fraction of sp³-hybridized carbons (Fsp3) is 0.312. The van der Waals surface area contributed by atoms with Crippen LogP contribution in [0.2, 0.25) is 0 Å². The zero-order valence-electron chi connectivity index (χ0n) is 12.5. The van der Waals surface area contributed by atoms with E-state index in [1.165, 1.54) is 0 Å². The number of aromatic nitrogens is 2. The van der Waals surface area contributed by atoms with Gasteiger partial charge in [-0.3, -0.25) is 14.7 Å². The number of fused-ring (bicyclic) bond motifs is 2. The first kappa shape index (κ1) is 13.8. The van der Waals surface area contributed by atoms with Crippen LogP contribution in [0.25, 0.3) is 0 Å². The highest BCUT2D eigenvalue weighted by molar-refractivity contribution is 6.08. The molecule has 118 valence electrons. The Labute approximate surface area is 132 Å². The summed E-state index contributed by atoms with van der Waals surface area (Å²) in [4.78, 5) is 24.8. The van der Waals surface area contributed by atoms with Gasteiger partial charge in [0.2, 0.25) is 5.91 Å². The van der Waals surface area contributed by atoms with Gasteiger partial charge in [0.25, 0.3) is 0 Å². The van der Waals surface area contributed by atoms with Crippen LogP contribution in [0.3, 0.4) is 0 Å². The van der Waals surface area contributed by atoms with Gasteiger partial charge in [0.15, 0.2) is 23.1 Å². The molecule has 1 amide bonds. The van der Waals surface area contributed by atoms with Crippen molar-refractivity contribution in [3.05, 3.63) is 35.0 Å². The van der Waals surface area contributed by atoms with Crippen LogP contribution in [0.15, 0.2) is 18.2 Å². The van der Waals surface area contributed by atoms with E-state index in [4.69, 9.17) is 9.47 Å². The number of aryl methyl sites for hydroxylation is 1. The van der Waals surface area contributed by atoms with Crippen LogP contribution >= 0.6 is 0 Å². The number of benzene rings is 1. The second-order valence-electron chi connectivity index (χ2n) is 5.64. The molecule has 1 aromatic carbocycles. The third-order valence-electron chi connectivity index (χ3n) is 4.13. The average Bonchev–Trinajstić information content (AvgIpc) is 2.94. The Hall–Kier alpha value is -2.83. The molecule has 1 aromatic heterocycles. The van der Waals surface area contributed by atoms with Crippen molar-refractivity contribution >= 4 is 17.5 Å². The molecule has 23 heavy (non-hydrogen) atoms. The normalized spacial score (nSPS) is 19.0. The second-order valence-corrected chi connectivity index (χ2v) is 5.64. The number of nitrogens with one attached hydrogen (secondary N) is 2. The topological polar surface area (TPSA) is 93.3 Å². The molecule has 2 aliphatic rings. The van der Waals surface area contributed by atoms with Crippen molar-refractivity contribution in [1.29, 1.82) is 0 Å². The number of nitrogens with zero attached hydrogens (tertiary/aromatic N) is 1. The summed E-state index contributed by atoms with van der Waals surface area (Å²) in [5, 5.41) is 9.56. The second kappa shape index (κ2) is 5.12. The van der Waals surface area contributed by atoms with E-state index in [0.717, 1.165) is 11.3 Å². The molecule has 0 radical (unpaired) electrons. The number of carbonyl (C=O) groups excluding carboxylic acids is 2. The number of Topliss-reactive ketones (excluding diaryl/α,β-unsaturated/α-hetero) is 1. The predicted molar refractivity (Wildman–Crippen MR) is 81.1 cm³/mol. The molecule has 4 rings (SSSR count). The molecule has 0 bridgehead atoms. The van der Waals surface area contributed by atoms with E-state index in [-0.39, 0.29) is 18.1 Å². The highest BCUT2D eigenvalue weighted by atomic mass is 16.6. The van der Waals surface area contributed by atoms with Gasteiger partial charge < -0.3 is 14.8 Å². The van der Waals surface area contributed by atoms with E-state index in [1.807, 2.05) is 6.92 Å². The van der Waals surface area contributed by atoms with Crippen molar-refractivity contribution in [3.8, 4) is 11.5 Å². The van der Waals surface area contributed by atoms with Crippen LogP contribution in [-0.2, 0) is 4.79 Å². The SMILES string of the molecule is Cc1[nH]nc2c1C(C(=O)c1ccc3c(c1)OCCO3)CC(=O)N2. The molecular formula is C16H15N3O4. The molecule has 0 spiro atoms. The van der Waals surface area contributed by atoms with Crippen LogP contribution in [-0.4, -0.2) is 35.1 Å². The van der Waals surface area contributed by atoms with Crippen molar-refractivity contribution in [2.24, 2.45) is 0 Å². The first-order valence-electron chi connectivity index (χ1n) is 7.42. The van der Waals surface area contributed by atoms with Crippen LogP contribution in [0.4, 0.5) is 5.82 Å². The zero-order valence-corrected chi connectivity index (χ0v) is 12.5. The monoisotopic (exact) mass is 313 g/mol. The molecule has 2 aromatic rings. The number of H-pyrrole nitrogens is 1. The lowest BCUT2D eigenvalue weighted by Crippen LogP contribution is -2.27. The number of ketones is 1. The maximum Gasteiger partial charge on any atom is 0.226 e. The highest BCUT2D eigenvalue weighted by Gasteiger charge is 2.35.